The SMILES string of the molecule is COc1cn(C(CCOC(C)(C)C)C(=O)O)c(=O)cc1Br. The summed E-state index contributed by atoms with van der Waals surface area (Å²) in [5.74, 6) is -0.684. The zero-order valence-corrected chi connectivity index (χ0v) is 14.1. The van der Waals surface area contributed by atoms with E-state index in [-0.39, 0.29) is 18.6 Å². The van der Waals surface area contributed by atoms with Crippen LogP contribution in [0.1, 0.15) is 33.2 Å². The lowest BCUT2D eigenvalue weighted by atomic mass is 10.1. The van der Waals surface area contributed by atoms with Crippen LogP contribution in [-0.4, -0.2) is 35.0 Å². The normalized spacial score (nSPS) is 13.0. The Morgan fingerprint density at radius 1 is 1.48 bits per heavy atom. The van der Waals surface area contributed by atoms with Gasteiger partial charge in [-0.15, -0.1) is 0 Å². The Bertz CT molecular complexity index is 561. The molecule has 0 saturated carbocycles. The maximum absolute atomic E-state index is 12.0. The smallest absolute Gasteiger partial charge is 0.326 e. The quantitative estimate of drug-likeness (QED) is 0.841. The molecule has 0 fully saturated rings. The van der Waals surface area contributed by atoms with Crippen molar-refractivity contribution < 1.29 is 19.4 Å². The van der Waals surface area contributed by atoms with Crippen molar-refractivity contribution >= 4 is 21.9 Å². The number of carboxylic acid groups (broad SMARTS) is 1. The second kappa shape index (κ2) is 7.09. The van der Waals surface area contributed by atoms with E-state index in [2.05, 4.69) is 15.9 Å². The average Bonchev–Trinajstić information content (AvgIpc) is 2.34. The Labute approximate surface area is 131 Å². The van der Waals surface area contributed by atoms with Crippen molar-refractivity contribution in [2.45, 2.75) is 38.8 Å². The van der Waals surface area contributed by atoms with Gasteiger partial charge in [0.15, 0.2) is 0 Å². The topological polar surface area (TPSA) is 77.8 Å². The van der Waals surface area contributed by atoms with Crippen LogP contribution < -0.4 is 10.3 Å². The molecule has 0 amide bonds. The van der Waals surface area contributed by atoms with Crippen molar-refractivity contribution in [2.24, 2.45) is 0 Å². The molecule has 6 nitrogen and oxygen atoms in total. The van der Waals surface area contributed by atoms with Gasteiger partial charge in [0, 0.05) is 19.1 Å². The van der Waals surface area contributed by atoms with Gasteiger partial charge in [-0.3, -0.25) is 9.36 Å². The maximum atomic E-state index is 12.0. The van der Waals surface area contributed by atoms with Crippen molar-refractivity contribution in [2.75, 3.05) is 13.7 Å². The first-order valence-corrected chi connectivity index (χ1v) is 7.27. The maximum Gasteiger partial charge on any atom is 0.326 e. The molecule has 0 aliphatic carbocycles. The molecule has 21 heavy (non-hydrogen) atoms. The van der Waals surface area contributed by atoms with Gasteiger partial charge in [-0.05, 0) is 36.7 Å². The molecule has 118 valence electrons. The summed E-state index contributed by atoms with van der Waals surface area (Å²) in [4.78, 5) is 23.4. The molecule has 0 aliphatic rings. The van der Waals surface area contributed by atoms with Gasteiger partial charge in [-0.25, -0.2) is 4.79 Å². The summed E-state index contributed by atoms with van der Waals surface area (Å²) in [5, 5.41) is 9.35. The number of halogens is 1. The molecule has 1 heterocycles. The monoisotopic (exact) mass is 361 g/mol. The molecule has 0 saturated heterocycles. The van der Waals surface area contributed by atoms with Gasteiger partial charge in [0.25, 0.3) is 5.56 Å². The van der Waals surface area contributed by atoms with Crippen LogP contribution in [0.25, 0.3) is 0 Å². The van der Waals surface area contributed by atoms with Crippen molar-refractivity contribution in [3.63, 3.8) is 0 Å². The third kappa shape index (κ3) is 5.17. The first-order chi connectivity index (χ1) is 9.65. The van der Waals surface area contributed by atoms with Gasteiger partial charge < -0.3 is 14.6 Å². The first-order valence-electron chi connectivity index (χ1n) is 6.48. The Balaban J connectivity index is 3.01. The summed E-state index contributed by atoms with van der Waals surface area (Å²) in [6.07, 6.45) is 1.58. The lowest BCUT2D eigenvalue weighted by Crippen LogP contribution is -2.31. The number of hydrogen-bond donors (Lipinski definition) is 1. The van der Waals surface area contributed by atoms with E-state index < -0.39 is 17.6 Å². The molecular weight excluding hydrogens is 342 g/mol. The second-order valence-electron chi connectivity index (χ2n) is 5.54. The number of methoxy groups -OCH3 is 1. The molecule has 0 aliphatic heterocycles. The summed E-state index contributed by atoms with van der Waals surface area (Å²) < 4.78 is 12.3. The van der Waals surface area contributed by atoms with Gasteiger partial charge in [0.1, 0.15) is 11.8 Å². The van der Waals surface area contributed by atoms with Crippen LogP contribution >= 0.6 is 15.9 Å². The number of rotatable bonds is 6. The Kier molecular flexibility index (Phi) is 5.98. The molecule has 1 aromatic heterocycles. The standard InChI is InChI=1S/C14H20BrNO5/c1-14(2,3)21-6-5-10(13(18)19)16-8-11(20-4)9(15)7-12(16)17/h7-8,10H,5-6H2,1-4H3,(H,18,19). The van der Waals surface area contributed by atoms with Gasteiger partial charge in [0.05, 0.1) is 23.4 Å². The number of carbonyl (C=O) groups is 1. The molecule has 1 rings (SSSR count). The highest BCUT2D eigenvalue weighted by Crippen LogP contribution is 2.24. The fourth-order valence-corrected chi connectivity index (χ4v) is 2.22. The molecule has 1 atom stereocenters. The second-order valence-corrected chi connectivity index (χ2v) is 6.39. The van der Waals surface area contributed by atoms with Gasteiger partial charge in [0.2, 0.25) is 0 Å². The van der Waals surface area contributed by atoms with E-state index in [1.807, 2.05) is 20.8 Å². The van der Waals surface area contributed by atoms with Crippen molar-refractivity contribution in [3.8, 4) is 5.75 Å². The van der Waals surface area contributed by atoms with Crippen molar-refractivity contribution in [1.82, 2.24) is 4.57 Å². The van der Waals surface area contributed by atoms with Crippen LogP contribution in [0.3, 0.4) is 0 Å². The number of pyridine rings is 1. The molecule has 1 N–H and O–H groups in total. The van der Waals surface area contributed by atoms with E-state index in [1.165, 1.54) is 19.4 Å². The zero-order chi connectivity index (χ0) is 16.2. The van der Waals surface area contributed by atoms with Crippen LogP contribution in [0.4, 0.5) is 0 Å². The molecule has 1 unspecified atom stereocenters. The molecule has 0 bridgehead atoms. The highest BCUT2D eigenvalue weighted by Gasteiger charge is 2.23. The summed E-state index contributed by atoms with van der Waals surface area (Å²) in [6.45, 7) is 5.90. The predicted octanol–water partition coefficient (Wildman–Crippen LogP) is 2.45. The minimum Gasteiger partial charge on any atom is -0.494 e. The summed E-state index contributed by atoms with van der Waals surface area (Å²) in [5.41, 5.74) is -0.767. The van der Waals surface area contributed by atoms with Crippen LogP contribution in [-0.2, 0) is 9.53 Å². The molecule has 7 heteroatoms. The lowest BCUT2D eigenvalue weighted by molar-refractivity contribution is -0.142. The minimum absolute atomic E-state index is 0.192. The Morgan fingerprint density at radius 2 is 2.10 bits per heavy atom. The van der Waals surface area contributed by atoms with Gasteiger partial charge >= 0.3 is 5.97 Å². The first kappa shape index (κ1) is 17.7. The fourth-order valence-electron chi connectivity index (χ4n) is 1.76. The van der Waals surface area contributed by atoms with E-state index in [0.717, 1.165) is 4.57 Å². The lowest BCUT2D eigenvalue weighted by Gasteiger charge is -2.22. The third-order valence-corrected chi connectivity index (χ3v) is 3.38. The predicted molar refractivity (Wildman–Crippen MR) is 81.9 cm³/mol. The van der Waals surface area contributed by atoms with Crippen molar-refractivity contribution in [1.29, 1.82) is 0 Å². The Hall–Kier alpha value is -1.34. The van der Waals surface area contributed by atoms with Crippen LogP contribution in [0, 0.1) is 0 Å². The largest absolute Gasteiger partial charge is 0.494 e. The van der Waals surface area contributed by atoms with E-state index in [4.69, 9.17) is 9.47 Å². The average molecular weight is 362 g/mol. The number of nitrogens with zero attached hydrogens (tertiary/aromatic N) is 1. The summed E-state index contributed by atoms with van der Waals surface area (Å²) in [6, 6.07) is 0.293. The third-order valence-electron chi connectivity index (χ3n) is 2.76. The highest BCUT2D eigenvalue weighted by molar-refractivity contribution is 9.10. The van der Waals surface area contributed by atoms with E-state index >= 15 is 0 Å². The Morgan fingerprint density at radius 3 is 2.57 bits per heavy atom. The van der Waals surface area contributed by atoms with Crippen LogP contribution in [0.5, 0.6) is 5.75 Å². The highest BCUT2D eigenvalue weighted by atomic mass is 79.9. The molecule has 1 aromatic rings. The summed E-state index contributed by atoms with van der Waals surface area (Å²) >= 11 is 3.20. The number of aliphatic carboxylic acids is 1. The molecule has 0 radical (unpaired) electrons. The van der Waals surface area contributed by atoms with E-state index in [0.29, 0.717) is 10.2 Å². The van der Waals surface area contributed by atoms with Crippen LogP contribution in [0.15, 0.2) is 21.5 Å². The fraction of sp³-hybridized carbons (Fsp3) is 0.571. The zero-order valence-electron chi connectivity index (χ0n) is 12.6. The number of ether oxygens (including phenoxy) is 2. The van der Waals surface area contributed by atoms with Gasteiger partial charge in [-0.1, -0.05) is 0 Å². The van der Waals surface area contributed by atoms with E-state index in [9.17, 15) is 14.7 Å². The molecule has 0 spiro atoms. The van der Waals surface area contributed by atoms with E-state index in [1.54, 1.807) is 0 Å². The minimum atomic E-state index is -1.08. The number of hydrogen-bond acceptors (Lipinski definition) is 4. The molecule has 0 aromatic carbocycles. The number of carboxylic acids is 1. The van der Waals surface area contributed by atoms with Gasteiger partial charge in [-0.2, -0.15) is 0 Å². The summed E-state index contributed by atoms with van der Waals surface area (Å²) in [7, 11) is 1.45. The molecular formula is C14H20BrNO5. The van der Waals surface area contributed by atoms with Crippen molar-refractivity contribution in [3.05, 3.63) is 27.1 Å². The number of aromatic nitrogens is 1. The van der Waals surface area contributed by atoms with Crippen LogP contribution in [0.2, 0.25) is 0 Å².